The maximum absolute atomic E-state index is 2.42. The first kappa shape index (κ1) is 44.5. The van der Waals surface area contributed by atoms with Crippen LogP contribution in [0.2, 0.25) is 0 Å². The van der Waals surface area contributed by atoms with E-state index in [2.05, 4.69) is 236 Å². The van der Waals surface area contributed by atoms with E-state index in [1.807, 2.05) is 0 Å². The molecule has 1 nitrogen and oxygen atoms in total. The first-order valence-corrected chi connectivity index (χ1v) is 23.1. The summed E-state index contributed by atoms with van der Waals surface area (Å²) in [5, 5.41) is 2.56. The van der Waals surface area contributed by atoms with Crippen LogP contribution in [-0.2, 0) is 17.3 Å². The van der Waals surface area contributed by atoms with Gasteiger partial charge in [-0.05, 0) is 144 Å². The summed E-state index contributed by atoms with van der Waals surface area (Å²) in [6.07, 6.45) is 5.01. The van der Waals surface area contributed by atoms with Crippen molar-refractivity contribution in [2.75, 3.05) is 0 Å². The number of rotatable bonds is 7. The minimum Gasteiger partial charge on any atom is -0.309 e. The third-order valence-corrected chi connectivity index (χ3v) is 13.0. The summed E-state index contributed by atoms with van der Waals surface area (Å²) in [6.45, 7) is 18.3. The first-order valence-electron chi connectivity index (χ1n) is 23.1. The summed E-state index contributed by atoms with van der Waals surface area (Å²) in [5.41, 5.74) is 22.1. The third-order valence-electron chi connectivity index (χ3n) is 13.0. The van der Waals surface area contributed by atoms with Gasteiger partial charge in [-0.15, -0.1) is 0 Å². The molecule has 9 aromatic rings. The lowest BCUT2D eigenvalue weighted by Gasteiger charge is -2.26. The molecule has 0 spiro atoms. The number of hydrogen-bond donors (Lipinski definition) is 0. The lowest BCUT2D eigenvalue weighted by Crippen LogP contribution is -2.16. The van der Waals surface area contributed by atoms with Crippen LogP contribution in [0.4, 0.5) is 0 Å². The Balaban J connectivity index is 0.000000886. The summed E-state index contributed by atoms with van der Waals surface area (Å²) in [6, 6.07) is 65.8. The van der Waals surface area contributed by atoms with E-state index in [1.54, 1.807) is 0 Å². The van der Waals surface area contributed by atoms with Crippen LogP contribution in [0.1, 0.15) is 96.9 Å². The molecule has 1 aliphatic carbocycles. The Hall–Kier alpha value is -6.09. The molecule has 0 saturated carbocycles. The van der Waals surface area contributed by atoms with E-state index in [-0.39, 0.29) is 24.3 Å². The van der Waals surface area contributed by atoms with Crippen molar-refractivity contribution < 1.29 is 0 Å². The molecule has 10 rings (SSSR count). The Morgan fingerprint density at radius 2 is 0.938 bits per heavy atom. The van der Waals surface area contributed by atoms with Gasteiger partial charge in [0.25, 0.3) is 0 Å². The lowest BCUT2D eigenvalue weighted by atomic mass is 9.79. The highest BCUT2D eigenvalue weighted by Crippen LogP contribution is 2.45. The molecule has 8 aromatic carbocycles. The smallest absolute Gasteiger partial charge is 0.0541 e. The minimum atomic E-state index is 0. The predicted molar refractivity (Wildman–Crippen MR) is 284 cm³/mol. The van der Waals surface area contributed by atoms with Gasteiger partial charge in [-0.1, -0.05) is 202 Å². The molecular weight excluding hydrogens is 791 g/mol. The number of fused-ring (bicyclic) bond motifs is 6. The fraction of sp³-hybridized carbons (Fsp3) is 0.226. The van der Waals surface area contributed by atoms with Gasteiger partial charge >= 0.3 is 0 Å². The van der Waals surface area contributed by atoms with E-state index in [9.17, 15) is 0 Å². The summed E-state index contributed by atoms with van der Waals surface area (Å²) in [7, 11) is 0. The topological polar surface area (TPSA) is 4.93 Å². The number of unbranched alkanes of at least 4 members (excludes halogenated alkanes) is 2. The SMILES string of the molecule is CC(C)(C)c1cc(-c2cccc(-c3cccc(-c4ccc5c(c4)-c4cccc(-c6ccc7c(c6)c6ccccc6n7-c6ccccc6)c4C5)c3)c2)cc(C(C)(C)C)c1.CCCCC.S. The highest BCUT2D eigenvalue weighted by Gasteiger charge is 2.24. The molecule has 1 aromatic heterocycles. The number of hydrogen-bond acceptors (Lipinski definition) is 0. The average molecular weight is 854 g/mol. The van der Waals surface area contributed by atoms with Gasteiger partial charge in [-0.25, -0.2) is 0 Å². The number of benzene rings is 8. The molecule has 64 heavy (non-hydrogen) atoms. The van der Waals surface area contributed by atoms with Crippen molar-refractivity contribution in [3.05, 3.63) is 198 Å². The zero-order valence-corrected chi connectivity index (χ0v) is 40.0. The van der Waals surface area contributed by atoms with Crippen LogP contribution in [0.25, 0.3) is 83.1 Å². The molecule has 0 saturated heterocycles. The second-order valence-electron chi connectivity index (χ2n) is 19.6. The van der Waals surface area contributed by atoms with Gasteiger partial charge in [0.05, 0.1) is 11.0 Å². The Morgan fingerprint density at radius 1 is 0.406 bits per heavy atom. The maximum Gasteiger partial charge on any atom is 0.0541 e. The highest BCUT2D eigenvalue weighted by molar-refractivity contribution is 7.59. The first-order chi connectivity index (χ1) is 30.4. The molecule has 0 radical (unpaired) electrons. The van der Waals surface area contributed by atoms with Crippen LogP contribution < -0.4 is 0 Å². The van der Waals surface area contributed by atoms with Crippen molar-refractivity contribution >= 4 is 35.3 Å². The molecule has 2 heteroatoms. The fourth-order valence-electron chi connectivity index (χ4n) is 9.42. The Bertz CT molecular complexity index is 3060. The molecule has 0 N–H and O–H groups in total. The molecule has 0 bridgehead atoms. The number of aromatic nitrogens is 1. The van der Waals surface area contributed by atoms with Gasteiger partial charge in [-0.2, -0.15) is 13.5 Å². The van der Waals surface area contributed by atoms with E-state index >= 15 is 0 Å². The van der Waals surface area contributed by atoms with Crippen LogP contribution >= 0.6 is 13.5 Å². The monoisotopic (exact) mass is 853 g/mol. The van der Waals surface area contributed by atoms with Crippen LogP contribution in [-0.4, -0.2) is 4.57 Å². The highest BCUT2D eigenvalue weighted by atomic mass is 32.1. The van der Waals surface area contributed by atoms with Crippen molar-refractivity contribution in [1.82, 2.24) is 4.57 Å². The number of nitrogens with zero attached hydrogens (tertiary/aromatic N) is 1. The number of para-hydroxylation sites is 2. The van der Waals surface area contributed by atoms with Gasteiger partial charge in [-0.3, -0.25) is 0 Å². The van der Waals surface area contributed by atoms with Gasteiger partial charge < -0.3 is 4.57 Å². The van der Waals surface area contributed by atoms with Gasteiger partial charge in [0.15, 0.2) is 0 Å². The minimum absolute atomic E-state index is 0. The van der Waals surface area contributed by atoms with E-state index in [0.29, 0.717) is 0 Å². The van der Waals surface area contributed by atoms with Crippen LogP contribution in [0.3, 0.4) is 0 Å². The van der Waals surface area contributed by atoms with E-state index < -0.39 is 0 Å². The van der Waals surface area contributed by atoms with Crippen LogP contribution in [0.15, 0.2) is 176 Å². The molecule has 1 aliphatic rings. The molecule has 0 atom stereocenters. The fourth-order valence-corrected chi connectivity index (χ4v) is 9.42. The summed E-state index contributed by atoms with van der Waals surface area (Å²) in [4.78, 5) is 0. The zero-order valence-electron chi connectivity index (χ0n) is 39.0. The van der Waals surface area contributed by atoms with Crippen LogP contribution in [0.5, 0.6) is 0 Å². The van der Waals surface area contributed by atoms with Crippen molar-refractivity contribution in [2.24, 2.45) is 0 Å². The second kappa shape index (κ2) is 18.2. The average Bonchev–Trinajstić information content (AvgIpc) is 3.84. The van der Waals surface area contributed by atoms with E-state index in [0.717, 1.165) is 6.42 Å². The Morgan fingerprint density at radius 3 is 1.55 bits per heavy atom. The predicted octanol–water partition coefficient (Wildman–Crippen LogP) is 17.9. The van der Waals surface area contributed by atoms with Crippen molar-refractivity contribution in [3.8, 4) is 61.3 Å². The maximum atomic E-state index is 2.42. The molecule has 0 aliphatic heterocycles. The normalized spacial score (nSPS) is 12.1. The Kier molecular flexibility index (Phi) is 12.6. The summed E-state index contributed by atoms with van der Waals surface area (Å²) in [5.74, 6) is 0. The van der Waals surface area contributed by atoms with Gasteiger partial charge in [0.2, 0.25) is 0 Å². The second-order valence-corrected chi connectivity index (χ2v) is 19.6. The molecule has 1 heterocycles. The molecular formula is C62H63NS. The zero-order chi connectivity index (χ0) is 43.9. The van der Waals surface area contributed by atoms with Gasteiger partial charge in [0.1, 0.15) is 0 Å². The van der Waals surface area contributed by atoms with Crippen molar-refractivity contribution in [2.45, 2.75) is 91.9 Å². The van der Waals surface area contributed by atoms with Crippen molar-refractivity contribution in [3.63, 3.8) is 0 Å². The third kappa shape index (κ3) is 8.74. The molecule has 0 fully saturated rings. The largest absolute Gasteiger partial charge is 0.309 e. The molecule has 0 amide bonds. The Labute approximate surface area is 389 Å². The summed E-state index contributed by atoms with van der Waals surface area (Å²) < 4.78 is 2.39. The lowest BCUT2D eigenvalue weighted by molar-refractivity contribution is 0.569. The van der Waals surface area contributed by atoms with Crippen molar-refractivity contribution in [1.29, 1.82) is 0 Å². The molecule has 0 unspecified atom stereocenters. The van der Waals surface area contributed by atoms with Crippen LogP contribution in [0, 0.1) is 0 Å². The standard InChI is InChI=1S/C57H49N.C5H12.H2S/c1-56(2,3)45-31-44(32-46(36-45)57(4,5)6)40-18-13-16-38(30-40)37-15-12-17-39(29-37)41-25-26-43-34-52-48(22-14-23-49(52)51(43)33-41)42-27-28-55-53(35-42)50-21-10-11-24-54(50)58(55)47-19-8-7-9-20-47;1-3-5-4-2;/h7-33,35-36H,34H2,1-6H3;3-5H2,1-2H3;1H2. The van der Waals surface area contributed by atoms with E-state index in [4.69, 9.17) is 0 Å². The summed E-state index contributed by atoms with van der Waals surface area (Å²) >= 11 is 0. The van der Waals surface area contributed by atoms with Gasteiger partial charge in [0, 0.05) is 16.5 Å². The molecule has 322 valence electrons. The quantitative estimate of drug-likeness (QED) is 0.151. The van der Waals surface area contributed by atoms with E-state index in [1.165, 1.54) is 125 Å².